The molecular formula is C17H21FN4O. The Labute approximate surface area is 135 Å². The monoisotopic (exact) mass is 316 g/mol. The molecule has 2 fully saturated rings. The molecule has 1 aromatic rings. The molecule has 2 aliphatic heterocycles. The maximum atomic E-state index is 13.9. The third-order valence-corrected chi connectivity index (χ3v) is 4.77. The summed E-state index contributed by atoms with van der Waals surface area (Å²) in [5.74, 6) is -0.425. The van der Waals surface area contributed by atoms with Crippen LogP contribution in [0.2, 0.25) is 0 Å². The number of rotatable bonds is 2. The molecule has 0 spiro atoms. The second-order valence-corrected chi connectivity index (χ2v) is 6.23. The molecule has 0 aliphatic carbocycles. The van der Waals surface area contributed by atoms with Crippen molar-refractivity contribution in [3.63, 3.8) is 0 Å². The number of carbonyl (C=O) groups is 1. The number of amides is 1. The zero-order valence-electron chi connectivity index (χ0n) is 13.3. The van der Waals surface area contributed by atoms with Gasteiger partial charge in [0.25, 0.3) is 0 Å². The highest BCUT2D eigenvalue weighted by Crippen LogP contribution is 2.30. The van der Waals surface area contributed by atoms with Crippen LogP contribution in [0.1, 0.15) is 18.4 Å². The topological polar surface area (TPSA) is 50.6 Å². The highest BCUT2D eigenvalue weighted by atomic mass is 19.1. The fraction of sp³-hybridized carbons (Fsp3) is 0.529. The fourth-order valence-corrected chi connectivity index (χ4v) is 3.41. The summed E-state index contributed by atoms with van der Waals surface area (Å²) in [5.41, 5.74) is 0.572. The van der Waals surface area contributed by atoms with Crippen molar-refractivity contribution >= 4 is 11.6 Å². The van der Waals surface area contributed by atoms with Crippen molar-refractivity contribution in [1.82, 2.24) is 9.80 Å². The molecule has 23 heavy (non-hydrogen) atoms. The van der Waals surface area contributed by atoms with Crippen molar-refractivity contribution in [2.45, 2.75) is 18.9 Å². The second kappa shape index (κ2) is 6.55. The van der Waals surface area contributed by atoms with E-state index >= 15 is 0 Å². The molecule has 0 N–H and O–H groups in total. The number of piperazine rings is 1. The summed E-state index contributed by atoms with van der Waals surface area (Å²) < 4.78 is 13.9. The van der Waals surface area contributed by atoms with E-state index in [0.29, 0.717) is 12.2 Å². The van der Waals surface area contributed by atoms with Gasteiger partial charge in [-0.15, -0.1) is 0 Å². The third kappa shape index (κ3) is 3.02. The molecule has 0 aromatic heterocycles. The summed E-state index contributed by atoms with van der Waals surface area (Å²) in [5, 5.41) is 9.24. The van der Waals surface area contributed by atoms with E-state index in [1.165, 1.54) is 6.07 Å². The van der Waals surface area contributed by atoms with E-state index in [1.807, 2.05) is 15.9 Å². The molecule has 0 radical (unpaired) electrons. The second-order valence-electron chi connectivity index (χ2n) is 6.23. The van der Waals surface area contributed by atoms with Crippen molar-refractivity contribution in [2.24, 2.45) is 0 Å². The number of nitriles is 1. The summed E-state index contributed by atoms with van der Waals surface area (Å²) in [6.45, 7) is 3.90. The molecular weight excluding hydrogens is 295 g/mol. The van der Waals surface area contributed by atoms with Crippen molar-refractivity contribution in [2.75, 3.05) is 44.7 Å². The normalized spacial score (nSPS) is 22.2. The van der Waals surface area contributed by atoms with E-state index < -0.39 is 5.82 Å². The Morgan fingerprint density at radius 3 is 2.70 bits per heavy atom. The smallest absolute Gasteiger partial charge is 0.245 e. The Morgan fingerprint density at radius 2 is 2.00 bits per heavy atom. The van der Waals surface area contributed by atoms with Crippen molar-refractivity contribution in [3.8, 4) is 6.07 Å². The molecule has 6 heteroatoms. The van der Waals surface area contributed by atoms with Gasteiger partial charge in [0.05, 0.1) is 5.69 Å². The lowest BCUT2D eigenvalue weighted by Crippen LogP contribution is -2.53. The molecule has 1 aromatic carbocycles. The first-order valence-corrected chi connectivity index (χ1v) is 8.04. The first-order chi connectivity index (χ1) is 11.1. The van der Waals surface area contributed by atoms with Gasteiger partial charge in [0.2, 0.25) is 5.91 Å². The molecule has 0 bridgehead atoms. The molecule has 3 rings (SSSR count). The van der Waals surface area contributed by atoms with E-state index in [-0.39, 0.29) is 17.5 Å². The lowest BCUT2D eigenvalue weighted by molar-refractivity contribution is -0.134. The lowest BCUT2D eigenvalue weighted by Gasteiger charge is -2.36. The quantitative estimate of drug-likeness (QED) is 0.828. The molecule has 2 saturated heterocycles. The Balaban J connectivity index is 1.82. The van der Waals surface area contributed by atoms with Crippen LogP contribution in [-0.2, 0) is 4.79 Å². The van der Waals surface area contributed by atoms with E-state index in [1.54, 1.807) is 12.1 Å². The number of anilines is 1. The SMILES string of the molecule is CN1CCN(C(=O)[C@@H]2CCCN2c2cccc(F)c2C#N)CC1. The number of nitrogens with zero attached hydrogens (tertiary/aromatic N) is 4. The van der Waals surface area contributed by atoms with Gasteiger partial charge in [0.1, 0.15) is 23.5 Å². The predicted molar refractivity (Wildman–Crippen MR) is 85.6 cm³/mol. The summed E-state index contributed by atoms with van der Waals surface area (Å²) in [4.78, 5) is 18.9. The van der Waals surface area contributed by atoms with Crippen molar-refractivity contribution in [1.29, 1.82) is 5.26 Å². The highest BCUT2D eigenvalue weighted by molar-refractivity contribution is 5.86. The Morgan fingerprint density at radius 1 is 1.26 bits per heavy atom. The van der Waals surface area contributed by atoms with Crippen LogP contribution in [0.15, 0.2) is 18.2 Å². The maximum absolute atomic E-state index is 13.9. The minimum atomic E-state index is -0.525. The Hall–Kier alpha value is -2.13. The van der Waals surface area contributed by atoms with Gasteiger partial charge < -0.3 is 14.7 Å². The zero-order chi connectivity index (χ0) is 16.4. The summed E-state index contributed by atoms with van der Waals surface area (Å²) in [6.07, 6.45) is 1.64. The molecule has 2 aliphatic rings. The number of likely N-dealkylation sites (N-methyl/N-ethyl adjacent to an activating group) is 1. The summed E-state index contributed by atoms with van der Waals surface area (Å²) in [7, 11) is 2.05. The molecule has 2 heterocycles. The number of carbonyl (C=O) groups excluding carboxylic acids is 1. The third-order valence-electron chi connectivity index (χ3n) is 4.77. The number of halogens is 1. The Bertz CT molecular complexity index is 634. The molecule has 0 saturated carbocycles. The lowest BCUT2D eigenvalue weighted by atomic mass is 10.1. The molecule has 122 valence electrons. The average Bonchev–Trinajstić information content (AvgIpc) is 3.04. The first-order valence-electron chi connectivity index (χ1n) is 8.04. The minimum absolute atomic E-state index is 0.0329. The molecule has 1 amide bonds. The van der Waals surface area contributed by atoms with E-state index in [9.17, 15) is 14.4 Å². The van der Waals surface area contributed by atoms with Gasteiger partial charge in [-0.3, -0.25) is 4.79 Å². The Kier molecular flexibility index (Phi) is 4.49. The van der Waals surface area contributed by atoms with Crippen LogP contribution >= 0.6 is 0 Å². The van der Waals surface area contributed by atoms with E-state index in [4.69, 9.17) is 0 Å². The molecule has 1 atom stereocenters. The van der Waals surface area contributed by atoms with E-state index in [2.05, 4.69) is 11.9 Å². The molecule has 0 unspecified atom stereocenters. The maximum Gasteiger partial charge on any atom is 0.245 e. The predicted octanol–water partition coefficient (Wildman–Crippen LogP) is 1.44. The number of hydrogen-bond acceptors (Lipinski definition) is 4. The van der Waals surface area contributed by atoms with Crippen LogP contribution in [0, 0.1) is 17.1 Å². The largest absolute Gasteiger partial charge is 0.358 e. The van der Waals surface area contributed by atoms with Gasteiger partial charge in [-0.1, -0.05) is 6.07 Å². The van der Waals surface area contributed by atoms with Crippen LogP contribution in [-0.4, -0.2) is 61.5 Å². The van der Waals surface area contributed by atoms with Gasteiger partial charge in [0, 0.05) is 32.7 Å². The fourth-order valence-electron chi connectivity index (χ4n) is 3.41. The van der Waals surface area contributed by atoms with E-state index in [0.717, 1.165) is 39.0 Å². The standard InChI is InChI=1S/C17H21FN4O/c1-20-8-10-21(11-9-20)17(23)16-6-3-7-22(16)15-5-2-4-14(18)13(15)12-19/h2,4-5,16H,3,6-11H2,1H3/t16-/m0/s1. The number of benzene rings is 1. The zero-order valence-corrected chi connectivity index (χ0v) is 13.3. The van der Waals surface area contributed by atoms with Crippen LogP contribution in [0.25, 0.3) is 0 Å². The van der Waals surface area contributed by atoms with Gasteiger partial charge in [-0.05, 0) is 32.0 Å². The van der Waals surface area contributed by atoms with Crippen molar-refractivity contribution < 1.29 is 9.18 Å². The van der Waals surface area contributed by atoms with Gasteiger partial charge in [0.15, 0.2) is 0 Å². The highest BCUT2D eigenvalue weighted by Gasteiger charge is 2.35. The molecule has 5 nitrogen and oxygen atoms in total. The van der Waals surface area contributed by atoms with Crippen LogP contribution in [0.5, 0.6) is 0 Å². The van der Waals surface area contributed by atoms with Crippen LogP contribution in [0.3, 0.4) is 0 Å². The average molecular weight is 316 g/mol. The van der Waals surface area contributed by atoms with Crippen LogP contribution < -0.4 is 4.90 Å². The van der Waals surface area contributed by atoms with Gasteiger partial charge in [-0.25, -0.2) is 4.39 Å². The minimum Gasteiger partial charge on any atom is -0.358 e. The summed E-state index contributed by atoms with van der Waals surface area (Å²) in [6, 6.07) is 6.27. The summed E-state index contributed by atoms with van der Waals surface area (Å²) >= 11 is 0. The first kappa shape index (κ1) is 15.8. The van der Waals surface area contributed by atoms with Gasteiger partial charge in [-0.2, -0.15) is 5.26 Å². The van der Waals surface area contributed by atoms with Gasteiger partial charge >= 0.3 is 0 Å². The van der Waals surface area contributed by atoms with Crippen LogP contribution in [0.4, 0.5) is 10.1 Å². The van der Waals surface area contributed by atoms with Crippen molar-refractivity contribution in [3.05, 3.63) is 29.6 Å². The number of hydrogen-bond donors (Lipinski definition) is 0.